The molecule has 0 spiro atoms. The van der Waals surface area contributed by atoms with Crippen LogP contribution in [0.15, 0.2) is 24.3 Å². The summed E-state index contributed by atoms with van der Waals surface area (Å²) in [5.74, 6) is -0.200. The topological polar surface area (TPSA) is 64.7 Å². The molecule has 2 aliphatic heterocycles. The van der Waals surface area contributed by atoms with E-state index < -0.39 is 0 Å². The largest absolute Gasteiger partial charge is 0.356 e. The lowest BCUT2D eigenvalue weighted by atomic mass is 10.1. The van der Waals surface area contributed by atoms with E-state index in [-0.39, 0.29) is 17.7 Å². The van der Waals surface area contributed by atoms with Gasteiger partial charge in [-0.2, -0.15) is 0 Å². The van der Waals surface area contributed by atoms with E-state index >= 15 is 0 Å². The van der Waals surface area contributed by atoms with E-state index in [0.717, 1.165) is 51.3 Å². The highest BCUT2D eigenvalue weighted by molar-refractivity contribution is 6.00. The zero-order chi connectivity index (χ0) is 18.4. The quantitative estimate of drug-likeness (QED) is 0.714. The molecule has 1 aromatic rings. The highest BCUT2D eigenvalue weighted by Gasteiger charge is 2.34. The molecule has 1 unspecified atom stereocenters. The van der Waals surface area contributed by atoms with Crippen LogP contribution in [0.4, 0.5) is 5.69 Å². The van der Waals surface area contributed by atoms with Crippen molar-refractivity contribution in [3.63, 3.8) is 0 Å². The van der Waals surface area contributed by atoms with Gasteiger partial charge >= 0.3 is 0 Å². The van der Waals surface area contributed by atoms with Gasteiger partial charge in [0.2, 0.25) is 11.8 Å². The van der Waals surface area contributed by atoms with Crippen LogP contribution in [0.5, 0.6) is 0 Å². The van der Waals surface area contributed by atoms with Crippen molar-refractivity contribution < 1.29 is 9.59 Å². The fraction of sp³-hybridized carbons (Fsp3) is 0.600. The average molecular weight is 358 g/mol. The van der Waals surface area contributed by atoms with Gasteiger partial charge in [0.05, 0.1) is 5.92 Å². The molecule has 3 rings (SSSR count). The van der Waals surface area contributed by atoms with Gasteiger partial charge in [-0.3, -0.25) is 9.59 Å². The van der Waals surface area contributed by atoms with E-state index in [1.165, 1.54) is 5.56 Å². The molecular weight excluding hydrogens is 328 g/mol. The molecule has 0 saturated carbocycles. The summed E-state index contributed by atoms with van der Waals surface area (Å²) in [5.41, 5.74) is 2.14. The van der Waals surface area contributed by atoms with Crippen LogP contribution in [-0.4, -0.2) is 62.5 Å². The number of benzene rings is 1. The summed E-state index contributed by atoms with van der Waals surface area (Å²) < 4.78 is 0. The number of carbonyl (C=O) groups excluding carboxylic acids is 2. The Morgan fingerprint density at radius 1 is 1.23 bits per heavy atom. The van der Waals surface area contributed by atoms with Gasteiger partial charge in [0, 0.05) is 51.4 Å². The van der Waals surface area contributed by atoms with E-state index in [2.05, 4.69) is 22.5 Å². The Balaban J connectivity index is 1.42. The summed E-state index contributed by atoms with van der Waals surface area (Å²) in [5, 5.41) is 6.36. The molecule has 1 atom stereocenters. The Morgan fingerprint density at radius 3 is 2.65 bits per heavy atom. The van der Waals surface area contributed by atoms with Crippen molar-refractivity contribution in [2.24, 2.45) is 5.92 Å². The number of hydrogen-bond acceptors (Lipinski definition) is 4. The van der Waals surface area contributed by atoms with Gasteiger partial charge in [-0.05, 0) is 37.1 Å². The van der Waals surface area contributed by atoms with Gasteiger partial charge in [0.25, 0.3) is 0 Å². The van der Waals surface area contributed by atoms with Crippen LogP contribution in [0.25, 0.3) is 0 Å². The molecule has 0 aromatic heterocycles. The molecule has 2 aliphatic rings. The highest BCUT2D eigenvalue weighted by atomic mass is 16.2. The van der Waals surface area contributed by atoms with Gasteiger partial charge in [-0.25, -0.2) is 0 Å². The smallest absolute Gasteiger partial charge is 0.227 e. The van der Waals surface area contributed by atoms with Crippen molar-refractivity contribution in [1.82, 2.24) is 15.5 Å². The number of aryl methyl sites for hydroxylation is 1. The minimum absolute atomic E-state index is 0.00587. The van der Waals surface area contributed by atoms with Crippen molar-refractivity contribution in [2.75, 3.05) is 50.7 Å². The molecule has 0 radical (unpaired) electrons. The fourth-order valence-electron chi connectivity index (χ4n) is 3.64. The third-order valence-electron chi connectivity index (χ3n) is 5.31. The maximum atomic E-state index is 12.4. The van der Waals surface area contributed by atoms with E-state index in [4.69, 9.17) is 0 Å². The zero-order valence-electron chi connectivity index (χ0n) is 15.7. The zero-order valence-corrected chi connectivity index (χ0v) is 15.7. The summed E-state index contributed by atoms with van der Waals surface area (Å²) in [4.78, 5) is 28.9. The number of amides is 2. The Morgan fingerprint density at radius 2 is 1.96 bits per heavy atom. The molecule has 2 heterocycles. The first-order valence-electron chi connectivity index (χ1n) is 9.77. The van der Waals surface area contributed by atoms with E-state index in [1.807, 2.05) is 24.3 Å². The van der Waals surface area contributed by atoms with Crippen molar-refractivity contribution >= 4 is 17.5 Å². The van der Waals surface area contributed by atoms with E-state index in [9.17, 15) is 9.59 Å². The van der Waals surface area contributed by atoms with Gasteiger partial charge < -0.3 is 20.4 Å². The monoisotopic (exact) mass is 358 g/mol. The molecule has 6 nitrogen and oxygen atoms in total. The third-order valence-corrected chi connectivity index (χ3v) is 5.31. The standard InChI is InChI=1S/C20H30N4O2/c1-2-16-4-6-18(7-5-16)24-15-17(14-19(24)25)20(26)22-8-3-11-23-12-9-21-10-13-23/h4-7,17,21H,2-3,8-15H2,1H3,(H,22,26). The van der Waals surface area contributed by atoms with E-state index in [1.54, 1.807) is 4.90 Å². The number of carbonyl (C=O) groups is 2. The van der Waals surface area contributed by atoms with Gasteiger partial charge in [0.1, 0.15) is 0 Å². The Labute approximate surface area is 155 Å². The van der Waals surface area contributed by atoms with Crippen LogP contribution in [0.2, 0.25) is 0 Å². The molecule has 26 heavy (non-hydrogen) atoms. The predicted molar refractivity (Wildman–Crippen MR) is 103 cm³/mol. The van der Waals surface area contributed by atoms with Gasteiger partial charge in [0.15, 0.2) is 0 Å². The lowest BCUT2D eigenvalue weighted by Gasteiger charge is -2.27. The summed E-state index contributed by atoms with van der Waals surface area (Å²) in [6, 6.07) is 8.05. The number of anilines is 1. The summed E-state index contributed by atoms with van der Waals surface area (Å²) in [6.07, 6.45) is 2.24. The van der Waals surface area contributed by atoms with Crippen LogP contribution in [-0.2, 0) is 16.0 Å². The number of rotatable bonds is 7. The van der Waals surface area contributed by atoms with Crippen LogP contribution in [0, 0.1) is 5.92 Å². The molecule has 1 aromatic carbocycles. The van der Waals surface area contributed by atoms with Crippen molar-refractivity contribution in [2.45, 2.75) is 26.2 Å². The first-order chi connectivity index (χ1) is 12.7. The minimum Gasteiger partial charge on any atom is -0.356 e. The molecule has 0 aliphatic carbocycles. The van der Waals surface area contributed by atoms with E-state index in [0.29, 0.717) is 19.5 Å². The molecule has 2 fully saturated rings. The molecule has 6 heteroatoms. The molecule has 2 N–H and O–H groups in total. The lowest BCUT2D eigenvalue weighted by Crippen LogP contribution is -2.44. The van der Waals surface area contributed by atoms with Crippen LogP contribution in [0.1, 0.15) is 25.3 Å². The van der Waals surface area contributed by atoms with Crippen molar-refractivity contribution in [3.8, 4) is 0 Å². The van der Waals surface area contributed by atoms with Crippen molar-refractivity contribution in [3.05, 3.63) is 29.8 Å². The highest BCUT2D eigenvalue weighted by Crippen LogP contribution is 2.25. The van der Waals surface area contributed by atoms with Crippen LogP contribution in [0.3, 0.4) is 0 Å². The maximum Gasteiger partial charge on any atom is 0.227 e. The second-order valence-electron chi connectivity index (χ2n) is 7.16. The maximum absolute atomic E-state index is 12.4. The third kappa shape index (κ3) is 4.83. The first-order valence-corrected chi connectivity index (χ1v) is 9.77. The molecular formula is C20H30N4O2. The number of nitrogens with zero attached hydrogens (tertiary/aromatic N) is 2. The van der Waals surface area contributed by atoms with Crippen molar-refractivity contribution in [1.29, 1.82) is 0 Å². The summed E-state index contributed by atoms with van der Waals surface area (Å²) in [6.45, 7) is 8.54. The predicted octanol–water partition coefficient (Wildman–Crippen LogP) is 1.01. The molecule has 0 bridgehead atoms. The number of piperazine rings is 1. The number of hydrogen-bond donors (Lipinski definition) is 2. The molecule has 2 saturated heterocycles. The van der Waals surface area contributed by atoms with Crippen LogP contribution < -0.4 is 15.5 Å². The average Bonchev–Trinajstić information content (AvgIpc) is 3.08. The Kier molecular flexibility index (Phi) is 6.63. The van der Waals surface area contributed by atoms with Crippen LogP contribution >= 0.6 is 0 Å². The first kappa shape index (κ1) is 18.9. The number of nitrogens with one attached hydrogen (secondary N) is 2. The second kappa shape index (κ2) is 9.14. The Bertz CT molecular complexity index is 611. The van der Waals surface area contributed by atoms with Gasteiger partial charge in [-0.1, -0.05) is 19.1 Å². The second-order valence-corrected chi connectivity index (χ2v) is 7.16. The summed E-state index contributed by atoms with van der Waals surface area (Å²) >= 11 is 0. The lowest BCUT2D eigenvalue weighted by molar-refractivity contribution is -0.126. The molecule has 142 valence electrons. The van der Waals surface area contributed by atoms with Gasteiger partial charge in [-0.15, -0.1) is 0 Å². The Hall–Kier alpha value is -1.92. The normalized spacial score (nSPS) is 21.2. The summed E-state index contributed by atoms with van der Waals surface area (Å²) in [7, 11) is 0. The molecule has 2 amide bonds. The fourth-order valence-corrected chi connectivity index (χ4v) is 3.64. The SMILES string of the molecule is CCc1ccc(N2CC(C(=O)NCCCN3CCNCC3)CC2=O)cc1. The minimum atomic E-state index is -0.243.